The number of aliphatic hydroxyl groups excluding tert-OH is 1. The zero-order chi connectivity index (χ0) is 13.0. The van der Waals surface area contributed by atoms with Crippen LogP contribution in [0.5, 0.6) is 17.2 Å². The Labute approximate surface area is 112 Å². The number of unbranched alkanes of at least 4 members (excludes halogenated alkanes) is 1. The average Bonchev–Trinajstić information content (AvgIpc) is 2.24. The molecule has 0 fully saturated rings. The lowest BCUT2D eigenvalue weighted by Crippen LogP contribution is -2.26. The molecular weight excluding hydrogens is 258 g/mol. The molecule has 0 aromatic heterocycles. The molecule has 0 aliphatic heterocycles. The zero-order valence-electron chi connectivity index (χ0n) is 10.2. The Hall–Kier alpha value is -1.17. The first-order chi connectivity index (χ1) is 7.97. The van der Waals surface area contributed by atoms with Crippen molar-refractivity contribution in [3.05, 3.63) is 17.7 Å². The normalized spacial score (nSPS) is 13.7. The van der Waals surface area contributed by atoms with Gasteiger partial charge in [0.2, 0.25) is 0 Å². The van der Waals surface area contributed by atoms with Crippen molar-refractivity contribution in [2.45, 2.75) is 38.3 Å². The fourth-order valence-corrected chi connectivity index (χ4v) is 1.74. The van der Waals surface area contributed by atoms with Crippen LogP contribution >= 0.6 is 12.4 Å². The topological polar surface area (TPSA) is 107 Å². The highest BCUT2D eigenvalue weighted by atomic mass is 35.5. The Balaban J connectivity index is 0.00000289. The van der Waals surface area contributed by atoms with Gasteiger partial charge in [-0.2, -0.15) is 0 Å². The van der Waals surface area contributed by atoms with E-state index in [4.69, 9.17) is 10.8 Å². The summed E-state index contributed by atoms with van der Waals surface area (Å²) in [6.45, 7) is 1.99. The number of rotatable bonds is 5. The number of hydrogen-bond donors (Lipinski definition) is 5. The van der Waals surface area contributed by atoms with E-state index in [1.54, 1.807) is 0 Å². The molecule has 5 nitrogen and oxygen atoms in total. The lowest BCUT2D eigenvalue weighted by atomic mass is 9.96. The maximum Gasteiger partial charge on any atom is 0.127 e. The first kappa shape index (κ1) is 16.8. The first-order valence-corrected chi connectivity index (χ1v) is 5.65. The van der Waals surface area contributed by atoms with Crippen LogP contribution < -0.4 is 5.73 Å². The predicted molar refractivity (Wildman–Crippen MR) is 71.1 cm³/mol. The predicted octanol–water partition coefficient (Wildman–Crippen LogP) is 1.78. The number of aliphatic hydroxyl groups is 1. The van der Waals surface area contributed by atoms with Crippen LogP contribution in [0, 0.1) is 0 Å². The molecule has 0 heterocycles. The molecule has 0 spiro atoms. The van der Waals surface area contributed by atoms with E-state index in [0.717, 1.165) is 25.0 Å². The minimum atomic E-state index is -0.873. The van der Waals surface area contributed by atoms with Crippen molar-refractivity contribution in [1.82, 2.24) is 0 Å². The van der Waals surface area contributed by atoms with Crippen molar-refractivity contribution < 1.29 is 20.4 Å². The van der Waals surface area contributed by atoms with Crippen molar-refractivity contribution in [3.63, 3.8) is 0 Å². The van der Waals surface area contributed by atoms with Gasteiger partial charge >= 0.3 is 0 Å². The second-order valence-corrected chi connectivity index (χ2v) is 4.13. The second-order valence-electron chi connectivity index (χ2n) is 4.13. The van der Waals surface area contributed by atoms with Gasteiger partial charge in [0, 0.05) is 12.1 Å². The molecule has 0 amide bonds. The molecule has 0 saturated carbocycles. The molecule has 0 unspecified atom stereocenters. The summed E-state index contributed by atoms with van der Waals surface area (Å²) in [7, 11) is 0. The standard InChI is InChI=1S/C12H19NO4.ClH/c1-2-3-4-8(15)12(13)11-9(16)5-7(14)6-10(11)17;/h5-6,8,12,14-17H,2-4,13H2,1H3;1H/t8-,12-;/m1./s1. The summed E-state index contributed by atoms with van der Waals surface area (Å²) in [4.78, 5) is 0. The molecule has 1 aromatic carbocycles. The summed E-state index contributed by atoms with van der Waals surface area (Å²) in [6, 6.07) is 1.30. The number of aromatic hydroxyl groups is 3. The molecule has 0 bridgehead atoms. The van der Waals surface area contributed by atoms with Crippen LogP contribution in [-0.4, -0.2) is 26.5 Å². The van der Waals surface area contributed by atoms with Crippen molar-refractivity contribution in [2.75, 3.05) is 0 Å². The van der Waals surface area contributed by atoms with Crippen molar-refractivity contribution in [3.8, 4) is 17.2 Å². The van der Waals surface area contributed by atoms with Crippen molar-refractivity contribution in [1.29, 1.82) is 0 Å². The first-order valence-electron chi connectivity index (χ1n) is 5.65. The maximum atomic E-state index is 9.81. The highest BCUT2D eigenvalue weighted by Gasteiger charge is 2.23. The third-order valence-electron chi connectivity index (χ3n) is 2.72. The number of phenols is 3. The SMILES string of the molecule is CCCC[C@@H](O)[C@@H](N)c1c(O)cc(O)cc1O.Cl. The lowest BCUT2D eigenvalue weighted by molar-refractivity contribution is 0.130. The largest absolute Gasteiger partial charge is 0.508 e. The summed E-state index contributed by atoms with van der Waals surface area (Å²) in [5.74, 6) is -0.880. The molecule has 18 heavy (non-hydrogen) atoms. The maximum absolute atomic E-state index is 9.81. The Morgan fingerprint density at radius 2 is 1.67 bits per heavy atom. The van der Waals surface area contributed by atoms with Crippen LogP contribution in [0.25, 0.3) is 0 Å². The number of nitrogens with two attached hydrogens (primary N) is 1. The third kappa shape index (κ3) is 3.94. The molecule has 2 atom stereocenters. The molecule has 6 N–H and O–H groups in total. The molecule has 104 valence electrons. The molecule has 6 heteroatoms. The summed E-state index contributed by atoms with van der Waals surface area (Å²) >= 11 is 0. The van der Waals surface area contributed by atoms with Gasteiger partial charge in [-0.1, -0.05) is 19.8 Å². The molecule has 1 aromatic rings. The minimum Gasteiger partial charge on any atom is -0.508 e. The molecule has 1 rings (SSSR count). The highest BCUT2D eigenvalue weighted by molar-refractivity contribution is 5.85. The molecule has 0 saturated heterocycles. The van der Waals surface area contributed by atoms with Gasteiger partial charge in [0.15, 0.2) is 0 Å². The van der Waals surface area contributed by atoms with Gasteiger partial charge < -0.3 is 26.2 Å². The number of benzene rings is 1. The van der Waals surface area contributed by atoms with E-state index in [0.29, 0.717) is 6.42 Å². The Kier molecular flexibility index (Phi) is 6.83. The van der Waals surface area contributed by atoms with Gasteiger partial charge in [0.05, 0.1) is 17.7 Å². The molecule has 0 radical (unpaired) electrons. The van der Waals surface area contributed by atoms with E-state index in [2.05, 4.69) is 0 Å². The van der Waals surface area contributed by atoms with E-state index >= 15 is 0 Å². The van der Waals surface area contributed by atoms with Crippen molar-refractivity contribution >= 4 is 12.4 Å². The van der Waals surface area contributed by atoms with Gasteiger partial charge in [0.25, 0.3) is 0 Å². The minimum absolute atomic E-state index is 0. The summed E-state index contributed by atoms with van der Waals surface area (Å²) < 4.78 is 0. The Morgan fingerprint density at radius 3 is 2.11 bits per heavy atom. The lowest BCUT2D eigenvalue weighted by Gasteiger charge is -2.21. The monoisotopic (exact) mass is 277 g/mol. The fraction of sp³-hybridized carbons (Fsp3) is 0.500. The van der Waals surface area contributed by atoms with Crippen LogP contribution in [0.2, 0.25) is 0 Å². The van der Waals surface area contributed by atoms with Crippen LogP contribution in [-0.2, 0) is 0 Å². The van der Waals surface area contributed by atoms with Crippen molar-refractivity contribution in [2.24, 2.45) is 5.73 Å². The van der Waals surface area contributed by atoms with Gasteiger partial charge in [-0.05, 0) is 6.42 Å². The van der Waals surface area contributed by atoms with Crippen LogP contribution in [0.4, 0.5) is 0 Å². The van der Waals surface area contributed by atoms with Gasteiger partial charge in [0.1, 0.15) is 17.2 Å². The van der Waals surface area contributed by atoms with E-state index in [1.807, 2.05) is 6.92 Å². The number of phenolic OH excluding ortho intramolecular Hbond substituents is 3. The average molecular weight is 278 g/mol. The summed E-state index contributed by atoms with van der Waals surface area (Å²) in [5.41, 5.74) is 5.84. The van der Waals surface area contributed by atoms with Crippen LogP contribution in [0.15, 0.2) is 12.1 Å². The van der Waals surface area contributed by atoms with Crippen LogP contribution in [0.3, 0.4) is 0 Å². The van der Waals surface area contributed by atoms with E-state index in [-0.39, 0.29) is 35.2 Å². The number of hydrogen-bond acceptors (Lipinski definition) is 5. The Bertz CT molecular complexity index is 363. The molecule has 0 aliphatic carbocycles. The Morgan fingerprint density at radius 1 is 1.17 bits per heavy atom. The van der Waals surface area contributed by atoms with Gasteiger partial charge in [-0.15, -0.1) is 12.4 Å². The quantitative estimate of drug-likeness (QED) is 0.564. The van der Waals surface area contributed by atoms with E-state index < -0.39 is 12.1 Å². The zero-order valence-corrected chi connectivity index (χ0v) is 11.0. The molecular formula is C12H20ClNO4. The fourth-order valence-electron chi connectivity index (χ4n) is 1.74. The van der Waals surface area contributed by atoms with Crippen LogP contribution in [0.1, 0.15) is 37.8 Å². The highest BCUT2D eigenvalue weighted by Crippen LogP contribution is 2.37. The number of halogens is 1. The van der Waals surface area contributed by atoms with Gasteiger partial charge in [-0.25, -0.2) is 0 Å². The summed E-state index contributed by atoms with van der Waals surface area (Å²) in [6.07, 6.45) is 1.40. The van der Waals surface area contributed by atoms with E-state index in [9.17, 15) is 15.3 Å². The van der Waals surface area contributed by atoms with E-state index in [1.165, 1.54) is 0 Å². The third-order valence-corrected chi connectivity index (χ3v) is 2.72. The van der Waals surface area contributed by atoms with Gasteiger partial charge in [-0.3, -0.25) is 0 Å². The smallest absolute Gasteiger partial charge is 0.127 e. The summed E-state index contributed by atoms with van der Waals surface area (Å²) in [5, 5.41) is 38.2. The second kappa shape index (κ2) is 7.31. The molecule has 0 aliphatic rings.